The fraction of sp³-hybridized carbons (Fsp3) is 0.500. The minimum atomic E-state index is -0.927. The van der Waals surface area contributed by atoms with Crippen LogP contribution in [0.5, 0.6) is 0 Å². The van der Waals surface area contributed by atoms with Crippen molar-refractivity contribution >= 4 is 17.7 Å². The number of carboxylic acid groups (broad SMARTS) is 1. The lowest BCUT2D eigenvalue weighted by Crippen LogP contribution is -2.44. The van der Waals surface area contributed by atoms with Gasteiger partial charge in [-0.1, -0.05) is 13.0 Å². The predicted octanol–water partition coefficient (Wildman–Crippen LogP) is 2.50. The van der Waals surface area contributed by atoms with Crippen molar-refractivity contribution in [2.24, 2.45) is 5.92 Å². The second kappa shape index (κ2) is 5.39. The lowest BCUT2D eigenvalue weighted by Gasteiger charge is -2.23. The molecule has 1 saturated heterocycles. The first-order chi connectivity index (χ1) is 10.1. The molecule has 0 aromatic heterocycles. The van der Waals surface area contributed by atoms with Gasteiger partial charge in [-0.3, -0.25) is 0 Å². The Balaban J connectivity index is 1.73. The predicted molar refractivity (Wildman–Crippen MR) is 79.4 cm³/mol. The smallest absolute Gasteiger partial charge is 0.326 e. The van der Waals surface area contributed by atoms with Crippen LogP contribution < -0.4 is 5.32 Å². The molecule has 0 radical (unpaired) electrons. The highest BCUT2D eigenvalue weighted by Crippen LogP contribution is 2.27. The topological polar surface area (TPSA) is 69.6 Å². The number of carboxylic acids is 1. The van der Waals surface area contributed by atoms with Crippen molar-refractivity contribution in [3.05, 3.63) is 29.3 Å². The van der Waals surface area contributed by atoms with Crippen LogP contribution in [0.25, 0.3) is 0 Å². The number of carbonyl (C=O) groups excluding carboxylic acids is 1. The molecule has 1 fully saturated rings. The Morgan fingerprint density at radius 3 is 2.81 bits per heavy atom. The molecule has 0 saturated carbocycles. The molecule has 5 nitrogen and oxygen atoms in total. The third-order valence-electron chi connectivity index (χ3n) is 4.56. The minimum Gasteiger partial charge on any atom is -0.480 e. The van der Waals surface area contributed by atoms with Crippen LogP contribution in [0.15, 0.2) is 18.2 Å². The number of carbonyl (C=O) groups is 2. The first-order valence-electron chi connectivity index (χ1n) is 7.48. The van der Waals surface area contributed by atoms with E-state index in [4.69, 9.17) is 0 Å². The molecule has 2 N–H and O–H groups in total. The van der Waals surface area contributed by atoms with E-state index in [2.05, 4.69) is 11.4 Å². The normalized spacial score (nSPS) is 24.0. The largest absolute Gasteiger partial charge is 0.480 e. The molecule has 1 aromatic carbocycles. The van der Waals surface area contributed by atoms with Crippen LogP contribution in [-0.2, 0) is 17.6 Å². The second-order valence-electron chi connectivity index (χ2n) is 6.01. The molecular formula is C16H20N2O3. The number of aliphatic carboxylic acids is 1. The van der Waals surface area contributed by atoms with Crippen molar-refractivity contribution in [1.29, 1.82) is 0 Å². The van der Waals surface area contributed by atoms with Gasteiger partial charge in [0.2, 0.25) is 0 Å². The van der Waals surface area contributed by atoms with Crippen LogP contribution in [0.4, 0.5) is 10.5 Å². The van der Waals surface area contributed by atoms with Gasteiger partial charge < -0.3 is 15.3 Å². The Labute approximate surface area is 123 Å². The van der Waals surface area contributed by atoms with Gasteiger partial charge in [0.15, 0.2) is 0 Å². The van der Waals surface area contributed by atoms with Crippen molar-refractivity contribution in [3.63, 3.8) is 0 Å². The summed E-state index contributed by atoms with van der Waals surface area (Å²) in [5, 5.41) is 12.1. The summed E-state index contributed by atoms with van der Waals surface area (Å²) in [4.78, 5) is 25.1. The molecule has 21 heavy (non-hydrogen) atoms. The highest BCUT2D eigenvalue weighted by molar-refractivity contribution is 5.93. The summed E-state index contributed by atoms with van der Waals surface area (Å²) in [5.41, 5.74) is 3.40. The molecule has 1 aliphatic heterocycles. The lowest BCUT2D eigenvalue weighted by atomic mass is 10.0. The standard InChI is InChI=1S/C16H20N2O3/c1-10-7-8-18(14(10)15(19)20)16(21)17-13-6-5-11-3-2-4-12(11)9-13/h5-6,9-10,14H,2-4,7-8H2,1H3,(H,17,21)(H,19,20). The van der Waals surface area contributed by atoms with Crippen LogP contribution in [-0.4, -0.2) is 34.6 Å². The van der Waals surface area contributed by atoms with E-state index >= 15 is 0 Å². The van der Waals surface area contributed by atoms with E-state index in [-0.39, 0.29) is 11.9 Å². The summed E-state index contributed by atoms with van der Waals surface area (Å²) in [7, 11) is 0. The molecular weight excluding hydrogens is 268 g/mol. The summed E-state index contributed by atoms with van der Waals surface area (Å²) >= 11 is 0. The first-order valence-corrected chi connectivity index (χ1v) is 7.48. The van der Waals surface area contributed by atoms with E-state index in [1.54, 1.807) is 0 Å². The van der Waals surface area contributed by atoms with E-state index in [1.165, 1.54) is 16.0 Å². The molecule has 1 heterocycles. The molecule has 3 rings (SSSR count). The molecule has 5 heteroatoms. The number of benzene rings is 1. The van der Waals surface area contributed by atoms with Crippen molar-refractivity contribution < 1.29 is 14.7 Å². The average Bonchev–Trinajstić information content (AvgIpc) is 3.04. The van der Waals surface area contributed by atoms with Gasteiger partial charge in [0.1, 0.15) is 6.04 Å². The van der Waals surface area contributed by atoms with E-state index < -0.39 is 12.0 Å². The van der Waals surface area contributed by atoms with Gasteiger partial charge in [-0.25, -0.2) is 9.59 Å². The van der Waals surface area contributed by atoms with Crippen molar-refractivity contribution in [1.82, 2.24) is 4.90 Å². The van der Waals surface area contributed by atoms with Gasteiger partial charge in [-0.2, -0.15) is 0 Å². The maximum atomic E-state index is 12.3. The summed E-state index contributed by atoms with van der Waals surface area (Å²) in [6.07, 6.45) is 4.05. The van der Waals surface area contributed by atoms with Crippen LogP contribution in [0, 0.1) is 5.92 Å². The number of rotatable bonds is 2. The van der Waals surface area contributed by atoms with E-state index in [0.717, 1.165) is 31.4 Å². The molecule has 112 valence electrons. The number of nitrogens with zero attached hydrogens (tertiary/aromatic N) is 1. The van der Waals surface area contributed by atoms with E-state index in [1.807, 2.05) is 19.1 Å². The van der Waals surface area contributed by atoms with Crippen molar-refractivity contribution in [2.45, 2.75) is 38.6 Å². The second-order valence-corrected chi connectivity index (χ2v) is 6.01. The van der Waals surface area contributed by atoms with E-state index in [9.17, 15) is 14.7 Å². The lowest BCUT2D eigenvalue weighted by molar-refractivity contribution is -0.142. The number of aryl methyl sites for hydroxylation is 2. The number of hydrogen-bond acceptors (Lipinski definition) is 2. The fourth-order valence-electron chi connectivity index (χ4n) is 3.40. The molecule has 0 bridgehead atoms. The third-order valence-corrected chi connectivity index (χ3v) is 4.56. The number of hydrogen-bond donors (Lipinski definition) is 2. The molecule has 0 spiro atoms. The van der Waals surface area contributed by atoms with Crippen molar-refractivity contribution in [3.8, 4) is 0 Å². The Kier molecular flexibility index (Phi) is 3.57. The van der Waals surface area contributed by atoms with Gasteiger partial charge in [0, 0.05) is 12.2 Å². The van der Waals surface area contributed by atoms with Crippen LogP contribution in [0.3, 0.4) is 0 Å². The van der Waals surface area contributed by atoms with Crippen LogP contribution in [0.2, 0.25) is 0 Å². The molecule has 2 unspecified atom stereocenters. The molecule has 2 amide bonds. The van der Waals surface area contributed by atoms with Crippen molar-refractivity contribution in [2.75, 3.05) is 11.9 Å². The highest BCUT2D eigenvalue weighted by atomic mass is 16.4. The highest BCUT2D eigenvalue weighted by Gasteiger charge is 2.39. The van der Waals surface area contributed by atoms with Gasteiger partial charge in [0.25, 0.3) is 0 Å². The Morgan fingerprint density at radius 1 is 1.29 bits per heavy atom. The minimum absolute atomic E-state index is 0.00623. The number of amides is 2. The average molecular weight is 288 g/mol. The maximum Gasteiger partial charge on any atom is 0.326 e. The van der Waals surface area contributed by atoms with Gasteiger partial charge >= 0.3 is 12.0 Å². The zero-order chi connectivity index (χ0) is 15.0. The number of likely N-dealkylation sites (tertiary alicyclic amines) is 1. The van der Waals surface area contributed by atoms with Gasteiger partial charge in [-0.15, -0.1) is 0 Å². The molecule has 2 aliphatic rings. The zero-order valence-electron chi connectivity index (χ0n) is 12.1. The summed E-state index contributed by atoms with van der Waals surface area (Å²) < 4.78 is 0. The number of anilines is 1. The Bertz CT molecular complexity index is 585. The Morgan fingerprint density at radius 2 is 2.05 bits per heavy atom. The number of fused-ring (bicyclic) bond motifs is 1. The first kappa shape index (κ1) is 13.9. The van der Waals surface area contributed by atoms with E-state index in [0.29, 0.717) is 6.54 Å². The van der Waals surface area contributed by atoms with Gasteiger partial charge in [0.05, 0.1) is 0 Å². The zero-order valence-corrected chi connectivity index (χ0v) is 12.1. The van der Waals surface area contributed by atoms with Crippen LogP contribution in [0.1, 0.15) is 30.9 Å². The van der Waals surface area contributed by atoms with Gasteiger partial charge in [-0.05, 0) is 54.9 Å². The molecule has 1 aliphatic carbocycles. The van der Waals surface area contributed by atoms with Crippen LogP contribution >= 0.6 is 0 Å². The SMILES string of the molecule is CC1CCN(C(=O)Nc2ccc3c(c2)CCC3)C1C(=O)O. The molecule has 1 aromatic rings. The maximum absolute atomic E-state index is 12.3. The number of nitrogens with one attached hydrogen (secondary N) is 1. The Hall–Kier alpha value is -2.04. The third kappa shape index (κ3) is 2.60. The summed E-state index contributed by atoms with van der Waals surface area (Å²) in [5.74, 6) is -0.933. The monoisotopic (exact) mass is 288 g/mol. The molecule has 2 atom stereocenters. The number of urea groups is 1. The summed E-state index contributed by atoms with van der Waals surface area (Å²) in [6, 6.07) is 4.93. The summed E-state index contributed by atoms with van der Waals surface area (Å²) in [6.45, 7) is 2.37. The fourth-order valence-corrected chi connectivity index (χ4v) is 3.40. The quantitative estimate of drug-likeness (QED) is 0.878.